The molecule has 2 N–H and O–H groups in total. The number of nitrogens with zero attached hydrogens (tertiary/aromatic N) is 1. The summed E-state index contributed by atoms with van der Waals surface area (Å²) >= 11 is 0. The first-order valence-corrected chi connectivity index (χ1v) is 8.53. The van der Waals surface area contributed by atoms with Crippen LogP contribution < -0.4 is 4.72 Å². The van der Waals surface area contributed by atoms with Gasteiger partial charge in [0, 0.05) is 19.0 Å². The molecular weight excluding hydrogens is 296 g/mol. The predicted octanol–water partition coefficient (Wildman–Crippen LogP) is -0.897. The van der Waals surface area contributed by atoms with E-state index in [4.69, 9.17) is 5.11 Å². The standard InChI is InChI=1S/C9H12N2O6S2/c1-18(14,15)5-4-11-19(16,17)8-3-2-7(6-10-8)9(12)13/h2-3,6,11H,4-5H2,1H3,(H,12,13). The molecule has 0 aliphatic heterocycles. The highest BCUT2D eigenvalue weighted by molar-refractivity contribution is 7.91. The number of aromatic nitrogens is 1. The number of nitrogens with one attached hydrogen (secondary N) is 1. The van der Waals surface area contributed by atoms with Crippen LogP contribution in [-0.2, 0) is 19.9 Å². The molecule has 0 atom stereocenters. The summed E-state index contributed by atoms with van der Waals surface area (Å²) in [5, 5.41) is 8.27. The van der Waals surface area contributed by atoms with Crippen molar-refractivity contribution in [3.63, 3.8) is 0 Å². The molecule has 0 fully saturated rings. The van der Waals surface area contributed by atoms with Crippen molar-refractivity contribution >= 4 is 25.8 Å². The number of pyridine rings is 1. The minimum Gasteiger partial charge on any atom is -0.478 e. The number of aromatic carboxylic acids is 1. The van der Waals surface area contributed by atoms with Crippen LogP contribution in [0.15, 0.2) is 23.4 Å². The summed E-state index contributed by atoms with van der Waals surface area (Å²) in [4.78, 5) is 14.1. The minimum absolute atomic E-state index is 0.143. The molecule has 10 heteroatoms. The Balaban J connectivity index is 2.80. The highest BCUT2D eigenvalue weighted by Gasteiger charge is 2.16. The van der Waals surface area contributed by atoms with E-state index in [1.807, 2.05) is 0 Å². The summed E-state index contributed by atoms with van der Waals surface area (Å²) in [5.41, 5.74) is -0.143. The quantitative estimate of drug-likeness (QED) is 0.696. The van der Waals surface area contributed by atoms with Crippen LogP contribution in [0.1, 0.15) is 10.4 Å². The molecule has 0 bridgehead atoms. The molecule has 0 aliphatic carbocycles. The van der Waals surface area contributed by atoms with E-state index in [1.54, 1.807) is 0 Å². The van der Waals surface area contributed by atoms with Gasteiger partial charge in [-0.15, -0.1) is 0 Å². The SMILES string of the molecule is CS(=O)(=O)CCNS(=O)(=O)c1ccc(C(=O)O)cn1. The van der Waals surface area contributed by atoms with Crippen molar-refractivity contribution in [1.29, 1.82) is 0 Å². The van der Waals surface area contributed by atoms with Gasteiger partial charge in [-0.05, 0) is 12.1 Å². The lowest BCUT2D eigenvalue weighted by Crippen LogP contribution is -2.29. The molecule has 0 amide bonds. The summed E-state index contributed by atoms with van der Waals surface area (Å²) in [6, 6.07) is 2.13. The third kappa shape index (κ3) is 4.93. The molecule has 0 aliphatic rings. The maximum atomic E-state index is 11.7. The van der Waals surface area contributed by atoms with Gasteiger partial charge in [0.25, 0.3) is 10.0 Å². The molecule has 8 nitrogen and oxygen atoms in total. The number of rotatable bonds is 6. The third-order valence-electron chi connectivity index (χ3n) is 2.02. The predicted molar refractivity (Wildman–Crippen MR) is 66.1 cm³/mol. The maximum absolute atomic E-state index is 11.7. The van der Waals surface area contributed by atoms with Gasteiger partial charge in [0.15, 0.2) is 5.03 Å². The lowest BCUT2D eigenvalue weighted by Gasteiger charge is -2.05. The normalized spacial score (nSPS) is 12.3. The van der Waals surface area contributed by atoms with Gasteiger partial charge in [0.05, 0.1) is 11.3 Å². The Bertz CT molecular complexity index is 663. The van der Waals surface area contributed by atoms with E-state index in [0.717, 1.165) is 24.6 Å². The van der Waals surface area contributed by atoms with Gasteiger partial charge >= 0.3 is 5.97 Å². The van der Waals surface area contributed by atoms with Crippen molar-refractivity contribution in [2.45, 2.75) is 5.03 Å². The Morgan fingerprint density at radius 1 is 1.32 bits per heavy atom. The van der Waals surface area contributed by atoms with Crippen molar-refractivity contribution in [3.8, 4) is 0 Å². The van der Waals surface area contributed by atoms with Gasteiger partial charge in [-0.2, -0.15) is 0 Å². The Hall–Kier alpha value is -1.52. The van der Waals surface area contributed by atoms with Crippen LogP contribution >= 0.6 is 0 Å². The minimum atomic E-state index is -3.94. The zero-order valence-corrected chi connectivity index (χ0v) is 11.5. The molecule has 0 saturated heterocycles. The van der Waals surface area contributed by atoms with Gasteiger partial charge in [-0.3, -0.25) is 0 Å². The number of carboxylic acids is 1. The van der Waals surface area contributed by atoms with Crippen LogP contribution in [0.3, 0.4) is 0 Å². The second kappa shape index (κ2) is 5.63. The van der Waals surface area contributed by atoms with Crippen LogP contribution in [0, 0.1) is 0 Å². The Labute approximate surface area is 110 Å². The number of carboxylic acid groups (broad SMARTS) is 1. The zero-order valence-electron chi connectivity index (χ0n) is 9.90. The number of hydrogen-bond acceptors (Lipinski definition) is 6. The van der Waals surface area contributed by atoms with Crippen molar-refractivity contribution in [2.75, 3.05) is 18.6 Å². The molecule has 0 saturated carbocycles. The highest BCUT2D eigenvalue weighted by atomic mass is 32.2. The second-order valence-corrected chi connectivity index (χ2v) is 7.69. The number of carbonyl (C=O) groups is 1. The number of hydrogen-bond donors (Lipinski definition) is 2. The van der Waals surface area contributed by atoms with E-state index in [9.17, 15) is 21.6 Å². The van der Waals surface area contributed by atoms with E-state index in [0.29, 0.717) is 0 Å². The van der Waals surface area contributed by atoms with Crippen molar-refractivity contribution < 1.29 is 26.7 Å². The monoisotopic (exact) mass is 308 g/mol. The average molecular weight is 308 g/mol. The van der Waals surface area contributed by atoms with Crippen LogP contribution in [0.25, 0.3) is 0 Å². The van der Waals surface area contributed by atoms with Gasteiger partial charge in [0.1, 0.15) is 9.84 Å². The smallest absolute Gasteiger partial charge is 0.337 e. The molecule has 0 unspecified atom stereocenters. The molecule has 106 valence electrons. The van der Waals surface area contributed by atoms with Crippen LogP contribution in [-0.4, -0.2) is 51.4 Å². The molecule has 1 rings (SSSR count). The summed E-state index contributed by atoms with van der Waals surface area (Å²) in [5.74, 6) is -1.55. The summed E-state index contributed by atoms with van der Waals surface area (Å²) in [7, 11) is -7.22. The van der Waals surface area contributed by atoms with Crippen molar-refractivity contribution in [2.24, 2.45) is 0 Å². The lowest BCUT2D eigenvalue weighted by atomic mass is 10.3. The zero-order chi connectivity index (χ0) is 14.7. The Morgan fingerprint density at radius 2 is 1.95 bits per heavy atom. The maximum Gasteiger partial charge on any atom is 0.337 e. The topological polar surface area (TPSA) is 130 Å². The van der Waals surface area contributed by atoms with Crippen molar-refractivity contribution in [1.82, 2.24) is 9.71 Å². The molecule has 0 radical (unpaired) electrons. The molecule has 0 aromatic carbocycles. The van der Waals surface area contributed by atoms with E-state index < -0.39 is 25.8 Å². The number of sulfonamides is 1. The summed E-state index contributed by atoms with van der Waals surface area (Å²) in [6.45, 7) is -0.274. The van der Waals surface area contributed by atoms with Gasteiger partial charge in [-0.25, -0.2) is 31.3 Å². The average Bonchev–Trinajstić information content (AvgIpc) is 2.27. The van der Waals surface area contributed by atoms with Crippen LogP contribution in [0.4, 0.5) is 0 Å². The Morgan fingerprint density at radius 3 is 2.37 bits per heavy atom. The first-order valence-electron chi connectivity index (χ1n) is 4.98. The van der Waals surface area contributed by atoms with Crippen LogP contribution in [0.5, 0.6) is 0 Å². The fourth-order valence-electron chi connectivity index (χ4n) is 1.10. The fraction of sp³-hybridized carbons (Fsp3) is 0.333. The highest BCUT2D eigenvalue weighted by Crippen LogP contribution is 2.06. The van der Waals surface area contributed by atoms with E-state index in [1.165, 1.54) is 0 Å². The fourth-order valence-corrected chi connectivity index (χ4v) is 2.66. The van der Waals surface area contributed by atoms with E-state index in [2.05, 4.69) is 9.71 Å². The summed E-state index contributed by atoms with van der Waals surface area (Å²) < 4.78 is 47.1. The van der Waals surface area contributed by atoms with Gasteiger partial charge < -0.3 is 5.11 Å². The second-order valence-electron chi connectivity index (χ2n) is 3.72. The molecule has 19 heavy (non-hydrogen) atoms. The first kappa shape index (κ1) is 15.5. The van der Waals surface area contributed by atoms with Crippen molar-refractivity contribution in [3.05, 3.63) is 23.9 Å². The molecular formula is C9H12N2O6S2. The molecule has 1 aromatic rings. The molecule has 0 spiro atoms. The third-order valence-corrected chi connectivity index (χ3v) is 4.35. The summed E-state index contributed by atoms with van der Waals surface area (Å²) in [6.07, 6.45) is 1.90. The van der Waals surface area contributed by atoms with E-state index >= 15 is 0 Å². The first-order chi connectivity index (χ1) is 8.62. The van der Waals surface area contributed by atoms with Crippen LogP contribution in [0.2, 0.25) is 0 Å². The molecule has 1 heterocycles. The van der Waals surface area contributed by atoms with E-state index in [-0.39, 0.29) is 22.9 Å². The largest absolute Gasteiger partial charge is 0.478 e. The Kier molecular flexibility index (Phi) is 4.61. The van der Waals surface area contributed by atoms with Gasteiger partial charge in [-0.1, -0.05) is 0 Å². The number of sulfone groups is 1. The molecule has 1 aromatic heterocycles. The lowest BCUT2D eigenvalue weighted by molar-refractivity contribution is 0.0696. The van der Waals surface area contributed by atoms with Gasteiger partial charge in [0.2, 0.25) is 0 Å².